The third kappa shape index (κ3) is 4.00. The fourth-order valence-corrected chi connectivity index (χ4v) is 2.63. The quantitative estimate of drug-likeness (QED) is 0.589. The van der Waals surface area contributed by atoms with E-state index in [0.29, 0.717) is 18.4 Å². The normalized spacial score (nSPS) is 25.9. The number of nitrogens with one attached hydrogen (secondary N) is 1. The largest absolute Gasteiger partial charge is 0.468 e. The number of carbonyl (C=O) groups excluding carboxylic acids is 1. The van der Waals surface area contributed by atoms with E-state index in [1.54, 1.807) is 6.08 Å². The van der Waals surface area contributed by atoms with Crippen LogP contribution in [0, 0.1) is 11.8 Å². The van der Waals surface area contributed by atoms with Crippen LogP contribution < -0.4 is 5.32 Å². The van der Waals surface area contributed by atoms with Crippen LogP contribution in [0.2, 0.25) is 0 Å². The lowest BCUT2D eigenvalue weighted by molar-refractivity contribution is -0.144. The summed E-state index contributed by atoms with van der Waals surface area (Å²) in [6.45, 7) is 8.62. The summed E-state index contributed by atoms with van der Waals surface area (Å²) in [5, 5.41) is 3.21. The Balaban J connectivity index is 2.72. The van der Waals surface area contributed by atoms with Crippen molar-refractivity contribution in [3.63, 3.8) is 0 Å². The highest BCUT2D eigenvalue weighted by molar-refractivity contribution is 5.76. The van der Waals surface area contributed by atoms with Crippen LogP contribution in [0.3, 0.4) is 0 Å². The molecule has 3 unspecified atom stereocenters. The molecule has 3 nitrogen and oxygen atoms in total. The minimum atomic E-state index is -0.218. The van der Waals surface area contributed by atoms with Crippen molar-refractivity contribution in [1.82, 2.24) is 5.32 Å². The van der Waals surface area contributed by atoms with Crippen LogP contribution in [0.25, 0.3) is 0 Å². The first-order valence-electron chi connectivity index (χ1n) is 6.17. The highest BCUT2D eigenvalue weighted by atomic mass is 16.5. The van der Waals surface area contributed by atoms with Crippen LogP contribution in [-0.2, 0) is 9.53 Å². The van der Waals surface area contributed by atoms with E-state index in [1.807, 2.05) is 0 Å². The Morgan fingerprint density at radius 1 is 1.76 bits per heavy atom. The molecule has 0 spiro atoms. The number of carbonyl (C=O) groups is 1. The Bertz CT molecular complexity index is 309. The van der Waals surface area contributed by atoms with E-state index in [0.717, 1.165) is 12.8 Å². The first-order chi connectivity index (χ1) is 8.08. The zero-order chi connectivity index (χ0) is 12.8. The average molecular weight is 237 g/mol. The van der Waals surface area contributed by atoms with Crippen molar-refractivity contribution in [2.24, 2.45) is 11.8 Å². The second-order valence-corrected chi connectivity index (χ2v) is 4.89. The van der Waals surface area contributed by atoms with Gasteiger partial charge in [-0.15, -0.1) is 6.58 Å². The fraction of sp³-hybridized carbons (Fsp3) is 0.643. The van der Waals surface area contributed by atoms with Gasteiger partial charge in [-0.25, -0.2) is 0 Å². The number of hydrogen-bond donors (Lipinski definition) is 1. The lowest BCUT2D eigenvalue weighted by Crippen LogP contribution is -2.45. The maximum Gasteiger partial charge on any atom is 0.323 e. The van der Waals surface area contributed by atoms with E-state index in [1.165, 1.54) is 12.7 Å². The number of hydrogen-bond acceptors (Lipinski definition) is 3. The maximum atomic E-state index is 11.8. The van der Waals surface area contributed by atoms with Crippen LogP contribution >= 0.6 is 0 Å². The number of rotatable bonds is 5. The third-order valence-corrected chi connectivity index (χ3v) is 3.24. The Kier molecular flexibility index (Phi) is 5.42. The van der Waals surface area contributed by atoms with Crippen LogP contribution in [0.1, 0.15) is 26.7 Å². The second-order valence-electron chi connectivity index (χ2n) is 4.89. The molecule has 0 fully saturated rings. The van der Waals surface area contributed by atoms with Crippen LogP contribution in [-0.4, -0.2) is 25.7 Å². The minimum Gasteiger partial charge on any atom is -0.468 e. The highest BCUT2D eigenvalue weighted by Gasteiger charge is 2.31. The molecule has 3 heteroatoms. The zero-order valence-electron chi connectivity index (χ0n) is 11.0. The predicted octanol–water partition coefficient (Wildman–Crippen LogP) is 2.30. The molecule has 1 aliphatic carbocycles. The molecule has 0 aromatic carbocycles. The molecule has 1 rings (SSSR count). The minimum absolute atomic E-state index is 0.168. The molecule has 0 aromatic rings. The molecular weight excluding hydrogens is 214 g/mol. The third-order valence-electron chi connectivity index (χ3n) is 3.24. The average Bonchev–Trinajstić information content (AvgIpc) is 2.28. The van der Waals surface area contributed by atoms with Gasteiger partial charge in [0.1, 0.15) is 6.04 Å². The van der Waals surface area contributed by atoms with Gasteiger partial charge < -0.3 is 10.1 Å². The van der Waals surface area contributed by atoms with Crippen molar-refractivity contribution in [3.05, 3.63) is 24.3 Å². The van der Waals surface area contributed by atoms with E-state index in [9.17, 15) is 4.79 Å². The summed E-state index contributed by atoms with van der Waals surface area (Å²) in [4.78, 5) is 11.8. The SMILES string of the molecule is C=CCNC(C(=O)OC)C1CC(C)=CC(C)C1. The van der Waals surface area contributed by atoms with Gasteiger partial charge in [-0.05, 0) is 31.6 Å². The summed E-state index contributed by atoms with van der Waals surface area (Å²) < 4.78 is 4.88. The first-order valence-corrected chi connectivity index (χ1v) is 6.17. The summed E-state index contributed by atoms with van der Waals surface area (Å²) in [6, 6.07) is -0.218. The molecule has 1 N–H and O–H groups in total. The fourth-order valence-electron chi connectivity index (χ4n) is 2.63. The van der Waals surface area contributed by atoms with E-state index >= 15 is 0 Å². The van der Waals surface area contributed by atoms with E-state index < -0.39 is 0 Å². The van der Waals surface area contributed by atoms with Crippen LogP contribution in [0.5, 0.6) is 0 Å². The number of esters is 1. The van der Waals surface area contributed by atoms with Gasteiger partial charge in [0.05, 0.1) is 7.11 Å². The molecule has 0 saturated heterocycles. The number of allylic oxidation sites excluding steroid dienone is 2. The van der Waals surface area contributed by atoms with Crippen molar-refractivity contribution in [2.75, 3.05) is 13.7 Å². The van der Waals surface area contributed by atoms with Crippen molar-refractivity contribution < 1.29 is 9.53 Å². The highest BCUT2D eigenvalue weighted by Crippen LogP contribution is 2.30. The van der Waals surface area contributed by atoms with Gasteiger partial charge in [-0.3, -0.25) is 4.79 Å². The summed E-state index contributed by atoms with van der Waals surface area (Å²) in [5.74, 6) is 0.688. The lowest BCUT2D eigenvalue weighted by Gasteiger charge is -2.31. The molecule has 17 heavy (non-hydrogen) atoms. The van der Waals surface area contributed by atoms with E-state index in [2.05, 4.69) is 31.8 Å². The Labute approximate surface area is 104 Å². The molecule has 0 bridgehead atoms. The van der Waals surface area contributed by atoms with Crippen molar-refractivity contribution in [1.29, 1.82) is 0 Å². The standard InChI is InChI=1S/C14H23NO2/c1-5-6-15-13(14(16)17-4)12-8-10(2)7-11(3)9-12/h5,7,10,12-13,15H,1,6,8-9H2,2-4H3. The Morgan fingerprint density at radius 2 is 2.47 bits per heavy atom. The summed E-state index contributed by atoms with van der Waals surface area (Å²) in [7, 11) is 1.44. The molecule has 0 heterocycles. The van der Waals surface area contributed by atoms with E-state index in [-0.39, 0.29) is 12.0 Å². The van der Waals surface area contributed by atoms with Gasteiger partial charge in [0.25, 0.3) is 0 Å². The molecule has 0 aliphatic heterocycles. The Morgan fingerprint density at radius 3 is 3.00 bits per heavy atom. The van der Waals surface area contributed by atoms with Crippen molar-refractivity contribution >= 4 is 5.97 Å². The molecule has 0 amide bonds. The number of methoxy groups -OCH3 is 1. The van der Waals surface area contributed by atoms with Gasteiger partial charge in [0.2, 0.25) is 0 Å². The first kappa shape index (κ1) is 14.0. The molecule has 0 radical (unpaired) electrons. The smallest absolute Gasteiger partial charge is 0.323 e. The van der Waals surface area contributed by atoms with Gasteiger partial charge in [-0.1, -0.05) is 24.6 Å². The number of ether oxygens (including phenoxy) is 1. The van der Waals surface area contributed by atoms with Crippen molar-refractivity contribution in [3.8, 4) is 0 Å². The van der Waals surface area contributed by atoms with E-state index in [4.69, 9.17) is 4.74 Å². The predicted molar refractivity (Wildman–Crippen MR) is 69.6 cm³/mol. The van der Waals surface area contributed by atoms with Crippen molar-refractivity contribution in [2.45, 2.75) is 32.7 Å². The molecule has 0 saturated carbocycles. The van der Waals surface area contributed by atoms with Gasteiger partial charge in [0.15, 0.2) is 0 Å². The topological polar surface area (TPSA) is 38.3 Å². The summed E-state index contributed by atoms with van der Waals surface area (Å²) in [5.41, 5.74) is 1.36. The molecule has 1 aliphatic rings. The lowest BCUT2D eigenvalue weighted by atomic mass is 9.79. The molecular formula is C14H23NO2. The van der Waals surface area contributed by atoms with Crippen LogP contribution in [0.15, 0.2) is 24.3 Å². The zero-order valence-corrected chi connectivity index (χ0v) is 11.0. The molecule has 3 atom stereocenters. The monoisotopic (exact) mass is 237 g/mol. The molecule has 0 aromatic heterocycles. The second kappa shape index (κ2) is 6.60. The maximum absolute atomic E-state index is 11.8. The van der Waals surface area contributed by atoms with Gasteiger partial charge >= 0.3 is 5.97 Å². The van der Waals surface area contributed by atoms with Gasteiger partial charge in [-0.2, -0.15) is 0 Å². The summed E-state index contributed by atoms with van der Waals surface area (Å²) in [6.07, 6.45) is 6.05. The molecule has 96 valence electrons. The Hall–Kier alpha value is -1.09. The summed E-state index contributed by atoms with van der Waals surface area (Å²) >= 11 is 0. The van der Waals surface area contributed by atoms with Crippen LogP contribution in [0.4, 0.5) is 0 Å². The van der Waals surface area contributed by atoms with Gasteiger partial charge in [0, 0.05) is 6.54 Å².